The normalized spacial score (nSPS) is 16.4. The highest BCUT2D eigenvalue weighted by Gasteiger charge is 2.24. The summed E-state index contributed by atoms with van der Waals surface area (Å²) in [6.45, 7) is 3.72. The number of piperidine rings is 1. The van der Waals surface area contributed by atoms with Gasteiger partial charge in [-0.25, -0.2) is 8.78 Å². The smallest absolute Gasteiger partial charge is 0.260 e. The van der Waals surface area contributed by atoms with Crippen molar-refractivity contribution in [3.05, 3.63) is 63.6 Å². The third-order valence-corrected chi connectivity index (χ3v) is 5.42. The maximum atomic E-state index is 13.3. The van der Waals surface area contributed by atoms with E-state index in [4.69, 9.17) is 27.9 Å². The molecule has 1 atom stereocenters. The minimum absolute atomic E-state index is 0.0374. The number of carbonyl (C=O) groups excluding carboxylic acids is 1. The van der Waals surface area contributed by atoms with E-state index in [0.29, 0.717) is 22.3 Å². The van der Waals surface area contributed by atoms with Gasteiger partial charge >= 0.3 is 0 Å². The summed E-state index contributed by atoms with van der Waals surface area (Å²) < 4.78 is 32.0. The molecule has 0 bridgehead atoms. The number of likely N-dealkylation sites (tertiary alicyclic amines) is 1. The fourth-order valence-corrected chi connectivity index (χ4v) is 3.72. The average molecular weight is 443 g/mol. The lowest BCUT2D eigenvalue weighted by Gasteiger charge is -2.33. The molecule has 1 unspecified atom stereocenters. The molecule has 2 aromatic carbocycles. The summed E-state index contributed by atoms with van der Waals surface area (Å²) in [6, 6.07) is 8.84. The standard InChI is InChI=1S/C21H22Cl2F2N2O2/c1-13(29-20-5-3-15(22)11-17(20)23)21(28)26-16-6-8-27(9-7-16)12-14-2-4-18(24)19(25)10-14/h2-5,10-11,13,16H,6-9,12H2,1H3,(H,26,28). The van der Waals surface area contributed by atoms with E-state index in [2.05, 4.69) is 10.2 Å². The lowest BCUT2D eigenvalue weighted by atomic mass is 10.0. The summed E-state index contributed by atoms with van der Waals surface area (Å²) >= 11 is 11.9. The Morgan fingerprint density at radius 1 is 1.17 bits per heavy atom. The molecular weight excluding hydrogens is 421 g/mol. The third-order valence-electron chi connectivity index (χ3n) is 4.89. The summed E-state index contributed by atoms with van der Waals surface area (Å²) in [6.07, 6.45) is 0.835. The van der Waals surface area contributed by atoms with Crippen molar-refractivity contribution < 1.29 is 18.3 Å². The van der Waals surface area contributed by atoms with Gasteiger partial charge in [0.15, 0.2) is 17.7 Å². The first-order valence-corrected chi connectivity index (χ1v) is 10.2. The Morgan fingerprint density at radius 2 is 1.90 bits per heavy atom. The molecule has 1 N–H and O–H groups in total. The second-order valence-corrected chi connectivity index (χ2v) is 7.99. The molecule has 0 spiro atoms. The van der Waals surface area contributed by atoms with E-state index in [1.165, 1.54) is 6.07 Å². The number of nitrogens with zero attached hydrogens (tertiary/aromatic N) is 1. The van der Waals surface area contributed by atoms with Crippen LogP contribution in [0.2, 0.25) is 10.0 Å². The molecule has 1 aliphatic rings. The maximum Gasteiger partial charge on any atom is 0.260 e. The van der Waals surface area contributed by atoms with Crippen LogP contribution in [-0.2, 0) is 11.3 Å². The van der Waals surface area contributed by atoms with Crippen LogP contribution in [0.15, 0.2) is 36.4 Å². The van der Waals surface area contributed by atoms with Crippen LogP contribution in [0.5, 0.6) is 5.75 Å². The molecule has 0 aromatic heterocycles. The fraction of sp³-hybridized carbons (Fsp3) is 0.381. The van der Waals surface area contributed by atoms with E-state index in [9.17, 15) is 13.6 Å². The molecule has 2 aromatic rings. The number of carbonyl (C=O) groups is 1. The fourth-order valence-electron chi connectivity index (χ4n) is 3.26. The van der Waals surface area contributed by atoms with Gasteiger partial charge in [-0.05, 0) is 55.7 Å². The van der Waals surface area contributed by atoms with Crippen molar-refractivity contribution in [3.8, 4) is 5.75 Å². The molecule has 1 amide bonds. The van der Waals surface area contributed by atoms with Gasteiger partial charge in [-0.15, -0.1) is 0 Å². The highest BCUT2D eigenvalue weighted by Crippen LogP contribution is 2.28. The molecule has 1 saturated heterocycles. The number of hydrogen-bond donors (Lipinski definition) is 1. The van der Waals surface area contributed by atoms with Crippen molar-refractivity contribution in [3.63, 3.8) is 0 Å². The van der Waals surface area contributed by atoms with Gasteiger partial charge in [0, 0.05) is 30.7 Å². The number of ether oxygens (including phenoxy) is 1. The molecule has 156 valence electrons. The quantitative estimate of drug-likeness (QED) is 0.696. The van der Waals surface area contributed by atoms with Crippen LogP contribution < -0.4 is 10.1 Å². The number of amides is 1. The summed E-state index contributed by atoms with van der Waals surface area (Å²) in [5.41, 5.74) is 0.730. The number of benzene rings is 2. The first-order chi connectivity index (χ1) is 13.8. The first-order valence-electron chi connectivity index (χ1n) is 9.40. The molecule has 0 radical (unpaired) electrons. The lowest BCUT2D eigenvalue weighted by molar-refractivity contribution is -0.128. The Bertz CT molecular complexity index is 874. The van der Waals surface area contributed by atoms with Gasteiger partial charge in [0.25, 0.3) is 5.91 Å². The second kappa shape index (κ2) is 9.74. The molecule has 1 aliphatic heterocycles. The topological polar surface area (TPSA) is 41.6 Å². The molecule has 1 heterocycles. The van der Waals surface area contributed by atoms with Crippen molar-refractivity contribution in [1.82, 2.24) is 10.2 Å². The van der Waals surface area contributed by atoms with Crippen molar-refractivity contribution in [2.45, 2.75) is 38.5 Å². The summed E-state index contributed by atoms with van der Waals surface area (Å²) in [5.74, 6) is -1.49. The summed E-state index contributed by atoms with van der Waals surface area (Å²) in [5, 5.41) is 3.85. The minimum atomic E-state index is -0.841. The van der Waals surface area contributed by atoms with Crippen LogP contribution in [-0.4, -0.2) is 36.0 Å². The SMILES string of the molecule is CC(Oc1ccc(Cl)cc1Cl)C(=O)NC1CCN(Cc2ccc(F)c(F)c2)CC1. The van der Waals surface area contributed by atoms with Crippen LogP contribution in [0.1, 0.15) is 25.3 Å². The van der Waals surface area contributed by atoms with Crippen LogP contribution in [0.4, 0.5) is 8.78 Å². The van der Waals surface area contributed by atoms with Gasteiger partial charge in [-0.2, -0.15) is 0 Å². The molecular formula is C21H22Cl2F2N2O2. The lowest BCUT2D eigenvalue weighted by Crippen LogP contribution is -2.47. The van der Waals surface area contributed by atoms with Crippen LogP contribution >= 0.6 is 23.2 Å². The summed E-state index contributed by atoms with van der Waals surface area (Å²) in [7, 11) is 0. The molecule has 0 aliphatic carbocycles. The highest BCUT2D eigenvalue weighted by atomic mass is 35.5. The predicted octanol–water partition coefficient (Wildman–Crippen LogP) is 4.82. The first kappa shape index (κ1) is 21.8. The molecule has 29 heavy (non-hydrogen) atoms. The van der Waals surface area contributed by atoms with E-state index in [1.54, 1.807) is 31.2 Å². The Kier molecular flexibility index (Phi) is 7.33. The number of nitrogens with one attached hydrogen (secondary N) is 1. The van der Waals surface area contributed by atoms with Crippen molar-refractivity contribution in [1.29, 1.82) is 0 Å². The zero-order valence-corrected chi connectivity index (χ0v) is 17.4. The largest absolute Gasteiger partial charge is 0.479 e. The Morgan fingerprint density at radius 3 is 2.55 bits per heavy atom. The minimum Gasteiger partial charge on any atom is -0.479 e. The number of rotatable bonds is 6. The van der Waals surface area contributed by atoms with Crippen LogP contribution in [0.3, 0.4) is 0 Å². The third kappa shape index (κ3) is 6.04. The molecule has 8 heteroatoms. The molecule has 3 rings (SSSR count). The highest BCUT2D eigenvalue weighted by molar-refractivity contribution is 6.35. The van der Waals surface area contributed by atoms with Crippen molar-refractivity contribution in [2.75, 3.05) is 13.1 Å². The Hall–Kier alpha value is -1.89. The molecule has 1 fully saturated rings. The van der Waals surface area contributed by atoms with Gasteiger partial charge in [0.1, 0.15) is 5.75 Å². The van der Waals surface area contributed by atoms with Gasteiger partial charge in [0.05, 0.1) is 5.02 Å². The van der Waals surface area contributed by atoms with Gasteiger partial charge in [0.2, 0.25) is 0 Å². The van der Waals surface area contributed by atoms with Crippen molar-refractivity contribution >= 4 is 29.1 Å². The summed E-state index contributed by atoms with van der Waals surface area (Å²) in [4.78, 5) is 14.6. The van der Waals surface area contributed by atoms with E-state index in [-0.39, 0.29) is 11.9 Å². The monoisotopic (exact) mass is 442 g/mol. The van der Waals surface area contributed by atoms with Gasteiger partial charge < -0.3 is 10.1 Å². The molecule has 4 nitrogen and oxygen atoms in total. The van der Waals surface area contributed by atoms with Crippen LogP contribution in [0.25, 0.3) is 0 Å². The van der Waals surface area contributed by atoms with E-state index >= 15 is 0 Å². The Balaban J connectivity index is 1.45. The number of halogens is 4. The Labute approximate surface area is 178 Å². The second-order valence-electron chi connectivity index (χ2n) is 7.14. The average Bonchev–Trinajstić information content (AvgIpc) is 2.68. The maximum absolute atomic E-state index is 13.3. The van der Waals surface area contributed by atoms with E-state index in [1.807, 2.05) is 0 Å². The molecule has 0 saturated carbocycles. The van der Waals surface area contributed by atoms with Gasteiger partial charge in [-0.1, -0.05) is 29.3 Å². The van der Waals surface area contributed by atoms with Crippen molar-refractivity contribution in [2.24, 2.45) is 0 Å². The van der Waals surface area contributed by atoms with Crippen LogP contribution in [0, 0.1) is 11.6 Å². The van der Waals surface area contributed by atoms with Gasteiger partial charge in [-0.3, -0.25) is 9.69 Å². The van der Waals surface area contributed by atoms with E-state index in [0.717, 1.165) is 37.6 Å². The zero-order valence-electron chi connectivity index (χ0n) is 15.9. The number of hydrogen-bond acceptors (Lipinski definition) is 3. The van der Waals surface area contributed by atoms with E-state index < -0.39 is 17.7 Å². The zero-order chi connectivity index (χ0) is 21.0. The predicted molar refractivity (Wildman–Crippen MR) is 109 cm³/mol.